The van der Waals surface area contributed by atoms with E-state index in [1.165, 1.54) is 16.8 Å². The lowest BCUT2D eigenvalue weighted by atomic mass is 10.2. The quantitative estimate of drug-likeness (QED) is 0.553. The third-order valence-corrected chi connectivity index (χ3v) is 4.59. The fourth-order valence-electron chi connectivity index (χ4n) is 2.93. The van der Waals surface area contributed by atoms with Crippen LogP contribution >= 0.6 is 11.6 Å². The number of rotatable bonds is 3. The van der Waals surface area contributed by atoms with Crippen LogP contribution in [0.4, 0.5) is 4.39 Å². The number of hydrogen-bond donors (Lipinski definition) is 0. The van der Waals surface area contributed by atoms with Gasteiger partial charge in [0, 0.05) is 16.0 Å². The summed E-state index contributed by atoms with van der Waals surface area (Å²) in [4.78, 5) is 13.0. The molecule has 2 aromatic carbocycles. The summed E-state index contributed by atoms with van der Waals surface area (Å²) in [6, 6.07) is 13.8. The molecule has 4 aromatic rings. The van der Waals surface area contributed by atoms with Gasteiger partial charge >= 0.3 is 0 Å². The minimum Gasteiger partial charge on any atom is -0.265 e. The first-order valence-electron chi connectivity index (χ1n) is 8.00. The molecule has 0 aliphatic rings. The summed E-state index contributed by atoms with van der Waals surface area (Å²) in [5.74, 6) is -0.472. The van der Waals surface area contributed by atoms with E-state index >= 15 is 0 Å². The summed E-state index contributed by atoms with van der Waals surface area (Å²) in [5, 5.41) is 9.56. The molecule has 0 unspecified atom stereocenters. The van der Waals surface area contributed by atoms with Crippen molar-refractivity contribution < 1.29 is 4.39 Å². The first-order valence-corrected chi connectivity index (χ1v) is 8.38. The van der Waals surface area contributed by atoms with Crippen molar-refractivity contribution in [2.24, 2.45) is 0 Å². The Hall–Kier alpha value is -2.99. The fraction of sp³-hybridized carbons (Fsp3) is 0.105. The Balaban J connectivity index is 1.93. The van der Waals surface area contributed by atoms with Crippen molar-refractivity contribution in [3.8, 4) is 5.69 Å². The van der Waals surface area contributed by atoms with E-state index in [-0.39, 0.29) is 22.7 Å². The molecule has 0 bridgehead atoms. The highest BCUT2D eigenvalue weighted by atomic mass is 35.5. The Morgan fingerprint density at radius 3 is 2.62 bits per heavy atom. The highest BCUT2D eigenvalue weighted by Crippen LogP contribution is 2.21. The Kier molecular flexibility index (Phi) is 4.05. The SMILES string of the molecule is Cc1nn(Cc2c(F)cccc2Cl)c(=O)c2c1cnn2-c1ccccc1. The number of hydrogen-bond acceptors (Lipinski definition) is 3. The summed E-state index contributed by atoms with van der Waals surface area (Å²) >= 11 is 6.10. The fourth-order valence-corrected chi connectivity index (χ4v) is 3.15. The van der Waals surface area contributed by atoms with E-state index in [9.17, 15) is 9.18 Å². The molecule has 7 heteroatoms. The molecule has 0 amide bonds. The summed E-state index contributed by atoms with van der Waals surface area (Å²) < 4.78 is 16.9. The Morgan fingerprint density at radius 1 is 1.12 bits per heavy atom. The van der Waals surface area contributed by atoms with Gasteiger partial charge in [0.1, 0.15) is 11.3 Å². The van der Waals surface area contributed by atoms with Crippen LogP contribution in [0.2, 0.25) is 5.02 Å². The zero-order chi connectivity index (χ0) is 18.3. The summed E-state index contributed by atoms with van der Waals surface area (Å²) in [5.41, 5.74) is 1.67. The number of para-hydroxylation sites is 1. The highest BCUT2D eigenvalue weighted by Gasteiger charge is 2.17. The molecule has 0 saturated carbocycles. The van der Waals surface area contributed by atoms with Crippen molar-refractivity contribution in [2.45, 2.75) is 13.5 Å². The van der Waals surface area contributed by atoms with Crippen LogP contribution in [-0.2, 0) is 6.54 Å². The molecule has 4 rings (SSSR count). The van der Waals surface area contributed by atoms with Gasteiger partial charge in [-0.25, -0.2) is 13.8 Å². The maximum absolute atomic E-state index is 14.1. The van der Waals surface area contributed by atoms with Crippen molar-refractivity contribution in [1.29, 1.82) is 0 Å². The molecule has 5 nitrogen and oxygen atoms in total. The number of aromatic nitrogens is 4. The standard InChI is InChI=1S/C19H14ClFN4O/c1-12-14-10-22-25(13-6-3-2-4-7-13)18(14)19(26)24(23-12)11-15-16(20)8-5-9-17(15)21/h2-10H,11H2,1H3. The molecule has 0 saturated heterocycles. The van der Waals surface area contributed by atoms with Gasteiger partial charge in [-0.1, -0.05) is 35.9 Å². The van der Waals surface area contributed by atoms with Crippen molar-refractivity contribution in [3.63, 3.8) is 0 Å². The molecular formula is C19H14ClFN4O. The van der Waals surface area contributed by atoms with E-state index in [2.05, 4.69) is 10.2 Å². The molecule has 0 aliphatic heterocycles. The smallest absolute Gasteiger partial charge is 0.265 e. The van der Waals surface area contributed by atoms with Crippen molar-refractivity contribution in [3.05, 3.63) is 87.2 Å². The number of benzene rings is 2. The lowest BCUT2D eigenvalue weighted by Crippen LogP contribution is -2.26. The molecule has 130 valence electrons. The molecule has 2 heterocycles. The largest absolute Gasteiger partial charge is 0.293 e. The first-order chi connectivity index (χ1) is 12.6. The number of halogens is 2. The first kappa shape index (κ1) is 16.5. The van der Waals surface area contributed by atoms with Crippen LogP contribution in [0, 0.1) is 12.7 Å². The van der Waals surface area contributed by atoms with E-state index < -0.39 is 5.82 Å². The van der Waals surface area contributed by atoms with Crippen LogP contribution in [0.25, 0.3) is 16.6 Å². The Labute approximate surface area is 153 Å². The third-order valence-electron chi connectivity index (χ3n) is 4.24. The van der Waals surface area contributed by atoms with Gasteiger partial charge in [-0.05, 0) is 31.2 Å². The summed E-state index contributed by atoms with van der Waals surface area (Å²) in [6.07, 6.45) is 1.62. The molecule has 26 heavy (non-hydrogen) atoms. The monoisotopic (exact) mass is 368 g/mol. The van der Waals surface area contributed by atoms with Crippen molar-refractivity contribution >= 4 is 22.5 Å². The topological polar surface area (TPSA) is 52.7 Å². The normalized spacial score (nSPS) is 11.2. The predicted octanol–water partition coefficient (Wildman–Crippen LogP) is 3.73. The second kappa shape index (κ2) is 6.38. The van der Waals surface area contributed by atoms with Crippen LogP contribution in [0.3, 0.4) is 0 Å². The predicted molar refractivity (Wildman–Crippen MR) is 98.4 cm³/mol. The van der Waals surface area contributed by atoms with Gasteiger partial charge in [0.25, 0.3) is 5.56 Å². The molecule has 0 spiro atoms. The van der Waals surface area contributed by atoms with Gasteiger partial charge in [-0.15, -0.1) is 0 Å². The highest BCUT2D eigenvalue weighted by molar-refractivity contribution is 6.31. The number of nitrogens with zero attached hydrogens (tertiary/aromatic N) is 4. The third kappa shape index (κ3) is 2.68. The van der Waals surface area contributed by atoms with Crippen molar-refractivity contribution in [1.82, 2.24) is 19.6 Å². The molecule has 0 fully saturated rings. The molecule has 0 radical (unpaired) electrons. The van der Waals surface area contributed by atoms with E-state index in [0.29, 0.717) is 16.6 Å². The van der Waals surface area contributed by atoms with Crippen LogP contribution in [-0.4, -0.2) is 19.6 Å². The van der Waals surface area contributed by atoms with Crippen LogP contribution < -0.4 is 5.56 Å². The van der Waals surface area contributed by atoms with Gasteiger partial charge in [0.2, 0.25) is 0 Å². The number of fused-ring (bicyclic) bond motifs is 1. The van der Waals surface area contributed by atoms with Crippen LogP contribution in [0.5, 0.6) is 0 Å². The van der Waals surface area contributed by atoms with Crippen LogP contribution in [0.1, 0.15) is 11.3 Å². The maximum atomic E-state index is 14.1. The minimum atomic E-state index is -0.472. The molecule has 2 aromatic heterocycles. The van der Waals surface area contributed by atoms with E-state index in [1.54, 1.807) is 23.9 Å². The van der Waals surface area contributed by atoms with Gasteiger partial charge in [-0.2, -0.15) is 10.2 Å². The summed E-state index contributed by atoms with van der Waals surface area (Å²) in [7, 11) is 0. The minimum absolute atomic E-state index is 0.0545. The van der Waals surface area contributed by atoms with Crippen molar-refractivity contribution in [2.75, 3.05) is 0 Å². The van der Waals surface area contributed by atoms with Gasteiger partial charge < -0.3 is 0 Å². The van der Waals surface area contributed by atoms with Gasteiger partial charge in [0.05, 0.1) is 24.1 Å². The Morgan fingerprint density at radius 2 is 1.88 bits per heavy atom. The summed E-state index contributed by atoms with van der Waals surface area (Å²) in [6.45, 7) is 1.74. The Bertz CT molecular complexity index is 1150. The molecule has 0 aliphatic carbocycles. The lowest BCUT2D eigenvalue weighted by molar-refractivity contribution is 0.571. The molecular weight excluding hydrogens is 355 g/mol. The number of aryl methyl sites for hydroxylation is 1. The van der Waals surface area contributed by atoms with E-state index in [1.807, 2.05) is 30.3 Å². The average Bonchev–Trinajstić information content (AvgIpc) is 3.09. The zero-order valence-corrected chi connectivity index (χ0v) is 14.6. The van der Waals surface area contributed by atoms with E-state index in [0.717, 1.165) is 5.69 Å². The van der Waals surface area contributed by atoms with Crippen LogP contribution in [0.15, 0.2) is 59.5 Å². The van der Waals surface area contributed by atoms with E-state index in [4.69, 9.17) is 11.6 Å². The second-order valence-electron chi connectivity index (χ2n) is 5.90. The zero-order valence-electron chi connectivity index (χ0n) is 13.9. The average molecular weight is 369 g/mol. The van der Waals surface area contributed by atoms with Gasteiger partial charge in [-0.3, -0.25) is 4.79 Å². The lowest BCUT2D eigenvalue weighted by Gasteiger charge is -2.10. The maximum Gasteiger partial charge on any atom is 0.293 e. The van der Waals surface area contributed by atoms with Gasteiger partial charge in [0.15, 0.2) is 0 Å². The second-order valence-corrected chi connectivity index (χ2v) is 6.31. The molecule has 0 atom stereocenters. The molecule has 0 N–H and O–H groups in total.